The van der Waals surface area contributed by atoms with E-state index in [1.165, 1.54) is 24.2 Å². The predicted octanol–water partition coefficient (Wildman–Crippen LogP) is 2.77. The quantitative estimate of drug-likeness (QED) is 0.829. The van der Waals surface area contributed by atoms with Gasteiger partial charge in [0.25, 0.3) is 0 Å². The van der Waals surface area contributed by atoms with Gasteiger partial charge in [-0.1, -0.05) is 13.8 Å². The van der Waals surface area contributed by atoms with Crippen LogP contribution in [0.4, 0.5) is 5.69 Å². The molecule has 0 spiro atoms. The predicted molar refractivity (Wildman–Crippen MR) is 78.6 cm³/mol. The van der Waals surface area contributed by atoms with Crippen molar-refractivity contribution in [2.75, 3.05) is 11.9 Å². The highest BCUT2D eigenvalue weighted by Gasteiger charge is 2.27. The van der Waals surface area contributed by atoms with Gasteiger partial charge in [-0.15, -0.1) is 0 Å². The lowest BCUT2D eigenvalue weighted by molar-refractivity contribution is -0.116. The number of hydrogen-bond donors (Lipinski definition) is 2. The Hall–Kier alpha value is -1.29. The molecule has 0 unspecified atom stereocenters. The molecule has 1 aromatic rings. The number of anilines is 1. The average Bonchev–Trinajstić information content (AvgIpc) is 3.08. The molecule has 0 saturated heterocycles. The summed E-state index contributed by atoms with van der Waals surface area (Å²) in [5.74, 6) is 0.0872. The van der Waals surface area contributed by atoms with Crippen molar-refractivity contribution in [2.24, 2.45) is 0 Å². The van der Waals surface area contributed by atoms with Crippen LogP contribution in [0.3, 0.4) is 0 Å². The van der Waals surface area contributed by atoms with Crippen molar-refractivity contribution < 1.29 is 4.79 Å². The summed E-state index contributed by atoms with van der Waals surface area (Å²) in [5.41, 5.74) is 3.40. The second-order valence-corrected chi connectivity index (χ2v) is 5.79. The number of amides is 1. The SMILES string of the molecule is Cc1cc(NC(=O)CCNC(C)C)c(C)n1C1CC1. The first kappa shape index (κ1) is 14.1. The lowest BCUT2D eigenvalue weighted by Gasteiger charge is -2.10. The number of rotatable bonds is 6. The van der Waals surface area contributed by atoms with Crippen LogP contribution in [0.5, 0.6) is 0 Å². The zero-order valence-electron chi connectivity index (χ0n) is 12.4. The van der Waals surface area contributed by atoms with E-state index in [9.17, 15) is 4.79 Å². The van der Waals surface area contributed by atoms with Gasteiger partial charge in [0.05, 0.1) is 5.69 Å². The molecule has 19 heavy (non-hydrogen) atoms. The summed E-state index contributed by atoms with van der Waals surface area (Å²) in [5, 5.41) is 6.28. The van der Waals surface area contributed by atoms with E-state index >= 15 is 0 Å². The standard InChI is InChI=1S/C15H25N3O/c1-10(2)16-8-7-15(19)17-14-9-11(3)18(12(14)4)13-5-6-13/h9-10,13,16H,5-8H2,1-4H3,(H,17,19). The van der Waals surface area contributed by atoms with Crippen molar-refractivity contribution in [2.45, 2.75) is 59.0 Å². The van der Waals surface area contributed by atoms with Gasteiger partial charge in [0.2, 0.25) is 5.91 Å². The Bertz CT molecular complexity index is 458. The van der Waals surface area contributed by atoms with Crippen molar-refractivity contribution >= 4 is 11.6 Å². The Balaban J connectivity index is 1.92. The molecule has 1 amide bonds. The van der Waals surface area contributed by atoms with Gasteiger partial charge in [0, 0.05) is 36.4 Å². The first-order valence-corrected chi connectivity index (χ1v) is 7.20. The summed E-state index contributed by atoms with van der Waals surface area (Å²) in [7, 11) is 0. The van der Waals surface area contributed by atoms with Crippen molar-refractivity contribution in [3.8, 4) is 0 Å². The van der Waals surface area contributed by atoms with Crippen LogP contribution in [0.1, 0.15) is 50.5 Å². The lowest BCUT2D eigenvalue weighted by atomic mass is 10.3. The van der Waals surface area contributed by atoms with Crippen LogP contribution in [0.25, 0.3) is 0 Å². The van der Waals surface area contributed by atoms with Gasteiger partial charge in [-0.2, -0.15) is 0 Å². The van der Waals surface area contributed by atoms with E-state index in [0.717, 1.165) is 12.2 Å². The topological polar surface area (TPSA) is 46.1 Å². The maximum atomic E-state index is 11.9. The Morgan fingerprint density at radius 2 is 2.11 bits per heavy atom. The first-order chi connectivity index (χ1) is 8.99. The van der Waals surface area contributed by atoms with E-state index in [-0.39, 0.29) is 5.91 Å². The first-order valence-electron chi connectivity index (χ1n) is 7.20. The maximum Gasteiger partial charge on any atom is 0.225 e. The molecule has 2 N–H and O–H groups in total. The highest BCUT2D eigenvalue weighted by molar-refractivity contribution is 5.91. The minimum absolute atomic E-state index is 0.0872. The highest BCUT2D eigenvalue weighted by atomic mass is 16.1. The number of carbonyl (C=O) groups is 1. The summed E-state index contributed by atoms with van der Waals surface area (Å²) < 4.78 is 2.35. The van der Waals surface area contributed by atoms with Crippen LogP contribution < -0.4 is 10.6 Å². The molecular formula is C15H25N3O. The molecule has 0 aliphatic heterocycles. The number of aryl methyl sites for hydroxylation is 1. The van der Waals surface area contributed by atoms with E-state index in [2.05, 4.69) is 49.0 Å². The highest BCUT2D eigenvalue weighted by Crippen LogP contribution is 2.39. The van der Waals surface area contributed by atoms with Crippen LogP contribution in [0.15, 0.2) is 6.07 Å². The molecule has 0 aromatic carbocycles. The molecular weight excluding hydrogens is 238 g/mol. The van der Waals surface area contributed by atoms with E-state index < -0.39 is 0 Å². The Morgan fingerprint density at radius 3 is 2.68 bits per heavy atom. The summed E-state index contributed by atoms with van der Waals surface area (Å²) in [6, 6.07) is 3.17. The van der Waals surface area contributed by atoms with E-state index in [1.54, 1.807) is 0 Å². The zero-order valence-corrected chi connectivity index (χ0v) is 12.4. The molecule has 1 aromatic heterocycles. The minimum Gasteiger partial charge on any atom is -0.344 e. The van der Waals surface area contributed by atoms with Gasteiger partial charge in [-0.3, -0.25) is 4.79 Å². The Morgan fingerprint density at radius 1 is 1.42 bits per heavy atom. The Kier molecular flexibility index (Phi) is 4.30. The Labute approximate surface area is 115 Å². The van der Waals surface area contributed by atoms with Gasteiger partial charge in [-0.25, -0.2) is 0 Å². The maximum absolute atomic E-state index is 11.9. The van der Waals surface area contributed by atoms with Crippen LogP contribution >= 0.6 is 0 Å². The van der Waals surface area contributed by atoms with Crippen LogP contribution in [-0.4, -0.2) is 23.1 Å². The molecule has 1 saturated carbocycles. The van der Waals surface area contributed by atoms with Gasteiger partial charge < -0.3 is 15.2 Å². The molecule has 0 bridgehead atoms. The monoisotopic (exact) mass is 263 g/mol. The largest absolute Gasteiger partial charge is 0.344 e. The fraction of sp³-hybridized carbons (Fsp3) is 0.667. The third-order valence-electron chi connectivity index (χ3n) is 3.58. The molecule has 1 aliphatic rings. The molecule has 1 fully saturated rings. The third-order valence-corrected chi connectivity index (χ3v) is 3.58. The number of aromatic nitrogens is 1. The minimum atomic E-state index is 0.0872. The van der Waals surface area contributed by atoms with Crippen molar-refractivity contribution in [1.29, 1.82) is 0 Å². The summed E-state index contributed by atoms with van der Waals surface area (Å²) in [6.07, 6.45) is 3.05. The molecule has 106 valence electrons. The summed E-state index contributed by atoms with van der Waals surface area (Å²) in [4.78, 5) is 11.9. The summed E-state index contributed by atoms with van der Waals surface area (Å²) in [6.45, 7) is 9.10. The van der Waals surface area contributed by atoms with Gasteiger partial charge in [0.15, 0.2) is 0 Å². The van der Waals surface area contributed by atoms with Crippen molar-refractivity contribution in [3.05, 3.63) is 17.5 Å². The van der Waals surface area contributed by atoms with Crippen molar-refractivity contribution in [1.82, 2.24) is 9.88 Å². The molecule has 0 radical (unpaired) electrons. The van der Waals surface area contributed by atoms with Gasteiger partial charge in [0.1, 0.15) is 0 Å². The zero-order chi connectivity index (χ0) is 14.0. The van der Waals surface area contributed by atoms with E-state index in [1.807, 2.05) is 0 Å². The van der Waals surface area contributed by atoms with E-state index in [0.29, 0.717) is 18.5 Å². The van der Waals surface area contributed by atoms with Gasteiger partial charge >= 0.3 is 0 Å². The second-order valence-electron chi connectivity index (χ2n) is 5.79. The number of hydrogen-bond acceptors (Lipinski definition) is 2. The molecule has 0 atom stereocenters. The molecule has 1 aliphatic carbocycles. The fourth-order valence-corrected chi connectivity index (χ4v) is 2.49. The average molecular weight is 263 g/mol. The van der Waals surface area contributed by atoms with Crippen LogP contribution in [-0.2, 0) is 4.79 Å². The number of nitrogens with zero attached hydrogens (tertiary/aromatic N) is 1. The lowest BCUT2D eigenvalue weighted by Crippen LogP contribution is -2.27. The fourth-order valence-electron chi connectivity index (χ4n) is 2.49. The third kappa shape index (κ3) is 3.60. The molecule has 1 heterocycles. The normalized spacial score (nSPS) is 15.0. The smallest absolute Gasteiger partial charge is 0.225 e. The molecule has 2 rings (SSSR count). The van der Waals surface area contributed by atoms with Crippen LogP contribution in [0, 0.1) is 13.8 Å². The van der Waals surface area contributed by atoms with Gasteiger partial charge in [-0.05, 0) is 32.8 Å². The van der Waals surface area contributed by atoms with E-state index in [4.69, 9.17) is 0 Å². The number of carbonyl (C=O) groups excluding carboxylic acids is 1. The van der Waals surface area contributed by atoms with Crippen molar-refractivity contribution in [3.63, 3.8) is 0 Å². The van der Waals surface area contributed by atoms with Crippen LogP contribution in [0.2, 0.25) is 0 Å². The second kappa shape index (κ2) is 5.78. The molecule has 4 heteroatoms. The molecule has 4 nitrogen and oxygen atoms in total. The summed E-state index contributed by atoms with van der Waals surface area (Å²) >= 11 is 0. The number of nitrogens with one attached hydrogen (secondary N) is 2.